The molecule has 26 heavy (non-hydrogen) atoms. The third kappa shape index (κ3) is 5.02. The summed E-state index contributed by atoms with van der Waals surface area (Å²) in [7, 11) is 0. The summed E-state index contributed by atoms with van der Waals surface area (Å²) in [6.07, 6.45) is -0.246. The fourth-order valence-electron chi connectivity index (χ4n) is 2.39. The van der Waals surface area contributed by atoms with Crippen LogP contribution < -0.4 is 5.32 Å². The standard InChI is InChI=1S/C20H18N2O4/c1-13-3-8-17(14(2)11-13)18(23)12-26-20(25)15-4-6-16(7-5-15)22-19(24)9-10-21/h3-8,11H,9,12H2,1-2H3,(H,22,24). The van der Waals surface area contributed by atoms with E-state index in [1.165, 1.54) is 24.3 Å². The lowest BCUT2D eigenvalue weighted by Crippen LogP contribution is -2.15. The van der Waals surface area contributed by atoms with Crippen molar-refractivity contribution < 1.29 is 19.1 Å². The highest BCUT2D eigenvalue weighted by atomic mass is 16.5. The first-order valence-electron chi connectivity index (χ1n) is 7.95. The molecule has 0 radical (unpaired) electrons. The summed E-state index contributed by atoms with van der Waals surface area (Å²) < 4.78 is 5.07. The van der Waals surface area contributed by atoms with E-state index in [1.54, 1.807) is 12.1 Å². The third-order valence-electron chi connectivity index (χ3n) is 3.66. The van der Waals surface area contributed by atoms with Crippen LogP contribution in [0, 0.1) is 25.2 Å². The van der Waals surface area contributed by atoms with Crippen molar-refractivity contribution >= 4 is 23.3 Å². The number of aryl methyl sites for hydroxylation is 2. The highest BCUT2D eigenvalue weighted by Gasteiger charge is 2.14. The summed E-state index contributed by atoms with van der Waals surface area (Å²) in [5.41, 5.74) is 3.14. The summed E-state index contributed by atoms with van der Waals surface area (Å²) in [5.74, 6) is -1.32. The van der Waals surface area contributed by atoms with E-state index < -0.39 is 11.9 Å². The molecule has 2 rings (SSSR count). The third-order valence-corrected chi connectivity index (χ3v) is 3.66. The number of esters is 1. The Labute approximate surface area is 151 Å². The van der Waals surface area contributed by atoms with Crippen LogP contribution in [-0.2, 0) is 9.53 Å². The lowest BCUT2D eigenvalue weighted by molar-refractivity contribution is -0.115. The summed E-state index contributed by atoms with van der Waals surface area (Å²) in [6, 6.07) is 13.2. The number of hydrogen-bond donors (Lipinski definition) is 1. The number of nitrogens with one attached hydrogen (secondary N) is 1. The van der Waals surface area contributed by atoms with Gasteiger partial charge in [-0.15, -0.1) is 0 Å². The monoisotopic (exact) mass is 350 g/mol. The Morgan fingerprint density at radius 3 is 2.38 bits per heavy atom. The molecule has 0 aliphatic heterocycles. The number of benzene rings is 2. The number of ketones is 1. The van der Waals surface area contributed by atoms with Gasteiger partial charge in [0.05, 0.1) is 11.6 Å². The molecule has 6 nitrogen and oxygen atoms in total. The van der Waals surface area contributed by atoms with Gasteiger partial charge < -0.3 is 10.1 Å². The second-order valence-corrected chi connectivity index (χ2v) is 5.78. The predicted molar refractivity (Wildman–Crippen MR) is 95.8 cm³/mol. The molecule has 6 heteroatoms. The van der Waals surface area contributed by atoms with Crippen molar-refractivity contribution in [2.45, 2.75) is 20.3 Å². The minimum absolute atomic E-state index is 0.246. The molecule has 0 fully saturated rings. The molecule has 0 saturated carbocycles. The summed E-state index contributed by atoms with van der Waals surface area (Å²) >= 11 is 0. The number of nitrogens with zero attached hydrogens (tertiary/aromatic N) is 1. The predicted octanol–water partition coefficient (Wildman–Crippen LogP) is 3.20. The molecule has 132 valence electrons. The average molecular weight is 350 g/mol. The quantitative estimate of drug-likeness (QED) is 0.637. The highest BCUT2D eigenvalue weighted by Crippen LogP contribution is 2.13. The van der Waals surface area contributed by atoms with Gasteiger partial charge in [-0.1, -0.05) is 23.8 Å². The van der Waals surface area contributed by atoms with Crippen LogP contribution in [0.1, 0.15) is 38.3 Å². The van der Waals surface area contributed by atoms with E-state index in [0.717, 1.165) is 11.1 Å². The molecule has 0 atom stereocenters. The zero-order valence-corrected chi connectivity index (χ0v) is 14.5. The topological polar surface area (TPSA) is 96.3 Å². The van der Waals surface area contributed by atoms with Gasteiger partial charge in [0, 0.05) is 11.3 Å². The van der Waals surface area contributed by atoms with Gasteiger partial charge in [-0.3, -0.25) is 9.59 Å². The van der Waals surface area contributed by atoms with Gasteiger partial charge in [0.25, 0.3) is 0 Å². The number of rotatable bonds is 6. The van der Waals surface area contributed by atoms with Gasteiger partial charge in [0.1, 0.15) is 6.42 Å². The number of hydrogen-bond acceptors (Lipinski definition) is 5. The van der Waals surface area contributed by atoms with Crippen LogP contribution in [-0.4, -0.2) is 24.3 Å². The van der Waals surface area contributed by atoms with E-state index in [-0.39, 0.29) is 24.4 Å². The Morgan fingerprint density at radius 2 is 1.77 bits per heavy atom. The molecule has 0 aliphatic carbocycles. The van der Waals surface area contributed by atoms with Crippen LogP contribution in [0.25, 0.3) is 0 Å². The van der Waals surface area contributed by atoms with Crippen LogP contribution >= 0.6 is 0 Å². The number of carbonyl (C=O) groups excluding carboxylic acids is 3. The van der Waals surface area contributed by atoms with Crippen LogP contribution in [0.15, 0.2) is 42.5 Å². The molecule has 0 bridgehead atoms. The Balaban J connectivity index is 1.94. The summed E-state index contributed by atoms with van der Waals surface area (Å²) in [6.45, 7) is 3.43. The van der Waals surface area contributed by atoms with Crippen molar-refractivity contribution in [1.82, 2.24) is 0 Å². The molecular weight excluding hydrogens is 332 g/mol. The maximum absolute atomic E-state index is 12.2. The Morgan fingerprint density at radius 1 is 1.08 bits per heavy atom. The van der Waals surface area contributed by atoms with Crippen molar-refractivity contribution in [2.24, 2.45) is 0 Å². The number of amides is 1. The van der Waals surface area contributed by atoms with Crippen LogP contribution in [0.3, 0.4) is 0 Å². The fourth-order valence-corrected chi connectivity index (χ4v) is 2.39. The van der Waals surface area contributed by atoms with Crippen LogP contribution in [0.4, 0.5) is 5.69 Å². The number of anilines is 1. The van der Waals surface area contributed by atoms with E-state index >= 15 is 0 Å². The van der Waals surface area contributed by atoms with E-state index in [0.29, 0.717) is 11.3 Å². The fraction of sp³-hybridized carbons (Fsp3) is 0.200. The van der Waals surface area contributed by atoms with E-state index in [1.807, 2.05) is 26.0 Å². The SMILES string of the molecule is Cc1ccc(C(=O)COC(=O)c2ccc(NC(=O)CC#N)cc2)c(C)c1. The highest BCUT2D eigenvalue weighted by molar-refractivity contribution is 6.00. The lowest BCUT2D eigenvalue weighted by atomic mass is 10.0. The van der Waals surface area contributed by atoms with Gasteiger partial charge in [0.15, 0.2) is 6.61 Å². The molecule has 2 aromatic carbocycles. The zero-order valence-electron chi connectivity index (χ0n) is 14.5. The minimum Gasteiger partial charge on any atom is -0.454 e. The smallest absolute Gasteiger partial charge is 0.338 e. The second-order valence-electron chi connectivity index (χ2n) is 5.78. The number of Topliss-reactive ketones (excluding diaryl/α,β-unsaturated/α-hetero) is 1. The van der Waals surface area contributed by atoms with Gasteiger partial charge in [0.2, 0.25) is 11.7 Å². The Hall–Kier alpha value is -3.46. The minimum atomic E-state index is -0.627. The first-order chi connectivity index (χ1) is 12.4. The molecule has 1 N–H and O–H groups in total. The maximum Gasteiger partial charge on any atom is 0.338 e. The molecular formula is C20H18N2O4. The maximum atomic E-state index is 12.2. The summed E-state index contributed by atoms with van der Waals surface area (Å²) in [4.78, 5) is 35.6. The van der Waals surface area contributed by atoms with Crippen molar-refractivity contribution in [3.8, 4) is 6.07 Å². The largest absolute Gasteiger partial charge is 0.454 e. The summed E-state index contributed by atoms with van der Waals surface area (Å²) in [5, 5.41) is 11.0. The van der Waals surface area contributed by atoms with Gasteiger partial charge in [-0.05, 0) is 43.7 Å². The Bertz CT molecular complexity index is 880. The average Bonchev–Trinajstić information content (AvgIpc) is 2.60. The van der Waals surface area contributed by atoms with Crippen LogP contribution in [0.5, 0.6) is 0 Å². The van der Waals surface area contributed by atoms with E-state index in [9.17, 15) is 14.4 Å². The first kappa shape index (κ1) is 18.9. The van der Waals surface area contributed by atoms with E-state index in [2.05, 4.69) is 5.32 Å². The first-order valence-corrected chi connectivity index (χ1v) is 7.95. The molecule has 0 heterocycles. The Kier molecular flexibility index (Phi) is 6.23. The number of nitriles is 1. The van der Waals surface area contributed by atoms with Crippen molar-refractivity contribution in [3.05, 3.63) is 64.7 Å². The van der Waals surface area contributed by atoms with Gasteiger partial charge in [-0.2, -0.15) is 5.26 Å². The van der Waals surface area contributed by atoms with Crippen molar-refractivity contribution in [1.29, 1.82) is 5.26 Å². The molecule has 1 amide bonds. The van der Waals surface area contributed by atoms with Gasteiger partial charge in [-0.25, -0.2) is 4.79 Å². The molecule has 0 aliphatic rings. The number of ether oxygens (including phenoxy) is 1. The molecule has 0 saturated heterocycles. The van der Waals surface area contributed by atoms with Crippen LogP contribution in [0.2, 0.25) is 0 Å². The molecule has 0 spiro atoms. The zero-order chi connectivity index (χ0) is 19.1. The van der Waals surface area contributed by atoms with E-state index in [4.69, 9.17) is 10.00 Å². The van der Waals surface area contributed by atoms with Crippen molar-refractivity contribution in [2.75, 3.05) is 11.9 Å². The normalized spacial score (nSPS) is 9.88. The molecule has 0 aromatic heterocycles. The molecule has 0 unspecified atom stereocenters. The second kappa shape index (κ2) is 8.58. The number of carbonyl (C=O) groups is 3. The molecule has 2 aromatic rings. The van der Waals surface area contributed by atoms with Gasteiger partial charge >= 0.3 is 5.97 Å². The lowest BCUT2D eigenvalue weighted by Gasteiger charge is -2.08. The van der Waals surface area contributed by atoms with Crippen molar-refractivity contribution in [3.63, 3.8) is 0 Å².